The average Bonchev–Trinajstić information content (AvgIpc) is 2.25. The number of rotatable bonds is 26. The first-order valence-electron chi connectivity index (χ1n) is 26.9. The van der Waals surface area contributed by atoms with Gasteiger partial charge in [-0.25, -0.2) is 26.3 Å². The summed E-state index contributed by atoms with van der Waals surface area (Å²) in [4.78, 5) is 46.1. The van der Waals surface area contributed by atoms with Gasteiger partial charge in [-0.2, -0.15) is 25.6 Å². The third-order valence-corrected chi connectivity index (χ3v) is 16.9. The summed E-state index contributed by atoms with van der Waals surface area (Å²) in [5, 5.41) is 41.6. The fourth-order valence-electron chi connectivity index (χ4n) is 7.39. The molecule has 0 aromatic heterocycles. The Bertz CT molecular complexity index is 3520. The van der Waals surface area contributed by atoms with Crippen LogP contribution in [0.1, 0.15) is 143 Å². The number of amides is 4. The maximum Gasteiger partial charge on any atom is 1.00 e. The molecule has 4 aromatic carbocycles. The topological polar surface area (TPSA) is 372 Å². The van der Waals surface area contributed by atoms with Crippen LogP contribution in [0.5, 0.6) is 0 Å². The third kappa shape index (κ3) is 27.2. The fraction of sp³-hybridized carbons (Fsp3) is 0.357. The quantitative estimate of drug-likeness (QED) is 0.0141. The normalized spacial score (nSPS) is 12.0. The third-order valence-electron chi connectivity index (χ3n) is 10.9. The zero-order valence-corrected chi connectivity index (χ0v) is 60.0. The van der Waals surface area contributed by atoms with E-state index >= 15 is 0 Å². The van der Waals surface area contributed by atoms with E-state index in [-0.39, 0.29) is 160 Å². The van der Waals surface area contributed by atoms with Crippen LogP contribution in [0.15, 0.2) is 101 Å². The SMILES string of the molecule is CCCC(=O)NS(=O)(=O)c1cc(NC(C)=O)ccc1/C=C/c1ccc(NC(=S)NC(C)C)cc1S(=O)(=O)N=C([O-])CCC.CCCC(=O)NS(=O)(=O)c1cc(NC(C)=O)ccc1/C=C/c1ccc(NC(=S)NC(C)C)cc1S(=O)(=O)N=C([O-])CCC.[Na+].[Na+]. The Morgan fingerprint density at radius 1 is 0.455 bits per heavy atom. The molecule has 0 unspecified atom stereocenters. The van der Waals surface area contributed by atoms with Gasteiger partial charge in [-0.1, -0.05) is 89.1 Å². The minimum atomic E-state index is -4.48. The molecule has 32 heteroatoms. The molecule has 0 aliphatic rings. The maximum absolute atomic E-state index is 13.2. The van der Waals surface area contributed by atoms with Crippen molar-refractivity contribution in [1.82, 2.24) is 20.1 Å². The monoisotopic (exact) mass is 1350 g/mol. The van der Waals surface area contributed by atoms with Crippen molar-refractivity contribution in [3.8, 4) is 0 Å². The molecule has 88 heavy (non-hydrogen) atoms. The Morgan fingerprint density at radius 3 is 0.977 bits per heavy atom. The van der Waals surface area contributed by atoms with E-state index < -0.39 is 75.5 Å². The Balaban J connectivity index is 0.000000860. The summed E-state index contributed by atoms with van der Waals surface area (Å²) in [7, 11) is -17.7. The first-order valence-corrected chi connectivity index (χ1v) is 33.6. The average molecular weight is 1350 g/mol. The van der Waals surface area contributed by atoms with Crippen molar-refractivity contribution < 1.29 is 122 Å². The Labute approximate surface area is 571 Å². The van der Waals surface area contributed by atoms with Gasteiger partial charge >= 0.3 is 59.1 Å². The molecule has 0 spiro atoms. The Kier molecular flexibility index (Phi) is 34.3. The van der Waals surface area contributed by atoms with Crippen LogP contribution < -0.4 is 111 Å². The number of carbonyl (C=O) groups excluding carboxylic acids is 4. The van der Waals surface area contributed by atoms with Crippen LogP contribution in [0.4, 0.5) is 22.7 Å². The molecule has 0 aliphatic carbocycles. The summed E-state index contributed by atoms with van der Waals surface area (Å²) >= 11 is 10.5. The number of nitrogens with one attached hydrogen (secondary N) is 8. The van der Waals surface area contributed by atoms with E-state index in [1.807, 2.05) is 37.1 Å². The van der Waals surface area contributed by atoms with Crippen molar-refractivity contribution in [1.29, 1.82) is 0 Å². The maximum atomic E-state index is 13.2. The Hall–Kier alpha value is -5.64. The molecule has 0 saturated heterocycles. The first kappa shape index (κ1) is 80.4. The van der Waals surface area contributed by atoms with Crippen molar-refractivity contribution >= 4 is 157 Å². The summed E-state index contributed by atoms with van der Waals surface area (Å²) in [5.41, 5.74) is 1.37. The molecular formula is C56H72N10Na2O14S6. The molecule has 0 bridgehead atoms. The van der Waals surface area contributed by atoms with Gasteiger partial charge in [0.15, 0.2) is 10.2 Å². The molecule has 468 valence electrons. The number of thiocarbonyl (C=S) groups is 2. The number of hydrogen-bond acceptors (Lipinski definition) is 16. The van der Waals surface area contributed by atoms with Crippen molar-refractivity contribution in [3.05, 3.63) is 95.1 Å². The zero-order chi connectivity index (χ0) is 64.7. The van der Waals surface area contributed by atoms with Gasteiger partial charge in [0, 0.05) is 61.5 Å². The molecule has 4 amide bonds. The van der Waals surface area contributed by atoms with E-state index in [1.165, 1.54) is 98.8 Å². The van der Waals surface area contributed by atoms with E-state index in [0.29, 0.717) is 37.1 Å². The van der Waals surface area contributed by atoms with Crippen LogP contribution in [-0.4, -0.2) is 91.4 Å². The second kappa shape index (κ2) is 37.5. The first-order chi connectivity index (χ1) is 40.1. The van der Waals surface area contributed by atoms with Crippen LogP contribution in [0, 0.1) is 0 Å². The van der Waals surface area contributed by atoms with E-state index in [0.717, 1.165) is 0 Å². The van der Waals surface area contributed by atoms with E-state index in [9.17, 15) is 63.1 Å². The Morgan fingerprint density at radius 2 is 0.716 bits per heavy atom. The second-order valence-electron chi connectivity index (χ2n) is 19.5. The van der Waals surface area contributed by atoms with Gasteiger partial charge in [0.2, 0.25) is 23.6 Å². The fourth-order valence-corrected chi connectivity index (χ4v) is 12.9. The summed E-state index contributed by atoms with van der Waals surface area (Å²) in [5.74, 6) is -3.90. The summed E-state index contributed by atoms with van der Waals surface area (Å²) < 4.78 is 117. The molecule has 0 radical (unpaired) electrons. The van der Waals surface area contributed by atoms with Crippen molar-refractivity contribution in [3.63, 3.8) is 0 Å². The number of anilines is 4. The molecular weight excluding hydrogens is 1280 g/mol. The van der Waals surface area contributed by atoms with Crippen LogP contribution in [0.25, 0.3) is 24.3 Å². The molecule has 4 aromatic rings. The number of sulfonamides is 4. The van der Waals surface area contributed by atoms with Gasteiger partial charge in [0.25, 0.3) is 40.1 Å². The van der Waals surface area contributed by atoms with Gasteiger partial charge in [-0.05, 0) is 160 Å². The predicted molar refractivity (Wildman–Crippen MR) is 341 cm³/mol. The van der Waals surface area contributed by atoms with Crippen molar-refractivity contribution in [2.24, 2.45) is 8.80 Å². The molecule has 0 aliphatic heterocycles. The van der Waals surface area contributed by atoms with E-state index in [4.69, 9.17) is 24.4 Å². The molecule has 0 fully saturated rings. The smallest absolute Gasteiger partial charge is 0.861 e. The largest absolute Gasteiger partial charge is 1.00 e. The van der Waals surface area contributed by atoms with Gasteiger partial charge in [-0.3, -0.25) is 19.2 Å². The van der Waals surface area contributed by atoms with Gasteiger partial charge in [-0.15, -0.1) is 0 Å². The number of nitrogens with zero attached hydrogens (tertiary/aromatic N) is 2. The van der Waals surface area contributed by atoms with Crippen LogP contribution in [-0.2, 0) is 59.3 Å². The number of benzene rings is 4. The van der Waals surface area contributed by atoms with Crippen LogP contribution >= 0.6 is 24.4 Å². The minimum absolute atomic E-state index is 0. The van der Waals surface area contributed by atoms with Crippen molar-refractivity contribution in [2.75, 3.05) is 21.3 Å². The predicted octanol–water partition coefficient (Wildman–Crippen LogP) is 0.734. The molecule has 4 rings (SSSR count). The molecule has 8 N–H and O–H groups in total. The zero-order valence-electron chi connectivity index (χ0n) is 51.1. The summed E-state index contributed by atoms with van der Waals surface area (Å²) in [6, 6.07) is 16.7. The van der Waals surface area contributed by atoms with Gasteiger partial charge < -0.3 is 42.1 Å². The number of hydrogen-bond donors (Lipinski definition) is 8. The summed E-state index contributed by atoms with van der Waals surface area (Å²) in [6.07, 6.45) is 6.88. The standard InChI is InChI=1S/2C28H37N5O7S3.2Na/c2*1-6-8-26(35)32-42(37,38)24-16-22(30-19(5)34)14-12-20(24)10-11-21-13-15-23(31-28(41)29-18(3)4)17-25(21)43(39,40)33-27(36)9-7-2;;/h2*10-18H,6-9H2,1-5H3,(H,30,34)(H,32,35)(H,33,36)(H2,29,31,41);;/q;;2*+1/p-2/b2*11-10+;;. The minimum Gasteiger partial charge on any atom is -0.861 e. The number of carbonyl (C=O) groups is 4. The molecule has 0 saturated carbocycles. The molecule has 0 atom stereocenters. The van der Waals surface area contributed by atoms with Crippen LogP contribution in [0.3, 0.4) is 0 Å². The van der Waals surface area contributed by atoms with Crippen LogP contribution in [0.2, 0.25) is 0 Å². The summed E-state index contributed by atoms with van der Waals surface area (Å²) in [6.45, 7) is 16.9. The van der Waals surface area contributed by atoms with E-state index in [2.05, 4.69) is 40.7 Å². The van der Waals surface area contributed by atoms with Gasteiger partial charge in [0.1, 0.15) is 0 Å². The van der Waals surface area contributed by atoms with Crippen molar-refractivity contribution in [2.45, 2.75) is 152 Å². The molecule has 0 heterocycles. The second-order valence-corrected chi connectivity index (χ2v) is 26.8. The van der Waals surface area contributed by atoms with Gasteiger partial charge in [0.05, 0.1) is 19.6 Å². The van der Waals surface area contributed by atoms with E-state index in [1.54, 1.807) is 39.8 Å². The molecule has 24 nitrogen and oxygen atoms in total.